The summed E-state index contributed by atoms with van der Waals surface area (Å²) in [4.78, 5) is 39.3. The van der Waals surface area contributed by atoms with Gasteiger partial charge in [-0.1, -0.05) is 67.8 Å². The molecule has 0 aliphatic rings. The molecule has 0 aromatic heterocycles. The van der Waals surface area contributed by atoms with Gasteiger partial charge in [-0.05, 0) is 100 Å². The lowest BCUT2D eigenvalue weighted by Crippen LogP contribution is -2.28. The van der Waals surface area contributed by atoms with Gasteiger partial charge < -0.3 is 14.2 Å². The Morgan fingerprint density at radius 2 is 0.921 bits per heavy atom. The summed E-state index contributed by atoms with van der Waals surface area (Å²) in [5.74, 6) is 0.500. The third kappa shape index (κ3) is 8.81. The third-order valence-electron chi connectivity index (χ3n) is 4.96. The molecule has 0 saturated carbocycles. The van der Waals surface area contributed by atoms with Gasteiger partial charge in [-0.15, -0.1) is 0 Å². The highest BCUT2D eigenvalue weighted by molar-refractivity contribution is 14.1. The minimum absolute atomic E-state index is 0.255. The molecule has 0 N–H and O–H groups in total. The first-order valence-electron chi connectivity index (χ1n) is 11.5. The van der Waals surface area contributed by atoms with Crippen molar-refractivity contribution in [2.45, 2.75) is 53.7 Å². The van der Waals surface area contributed by atoms with Gasteiger partial charge in [0.2, 0.25) is 0 Å². The molecule has 0 aliphatic heterocycles. The number of carbonyl (C=O) groups is 3. The predicted molar refractivity (Wildman–Crippen MR) is 173 cm³/mol. The fraction of sp³-hybridized carbons (Fsp3) is 0.250. The highest BCUT2D eigenvalue weighted by Crippen LogP contribution is 2.34. The van der Waals surface area contributed by atoms with Crippen molar-refractivity contribution in [1.82, 2.24) is 0 Å². The van der Waals surface area contributed by atoms with Crippen molar-refractivity contribution in [2.24, 2.45) is 0 Å². The molecule has 0 aliphatic carbocycles. The van der Waals surface area contributed by atoms with Crippen molar-refractivity contribution >= 4 is 96.6 Å². The van der Waals surface area contributed by atoms with Gasteiger partial charge in [0.25, 0.3) is 0 Å². The molecule has 0 radical (unpaired) electrons. The van der Waals surface area contributed by atoms with Crippen LogP contribution >= 0.6 is 67.8 Å². The van der Waals surface area contributed by atoms with Crippen LogP contribution in [0.5, 0.6) is 17.2 Å². The SMILES string of the molecule is CC(I)C(=O)Oc1ccc([S+](c2ccc(OC(=O)C(C)I)cc2)c2ccc(OC(=O)C(C)(C)I)cc2)cc1. The van der Waals surface area contributed by atoms with Crippen LogP contribution in [-0.2, 0) is 25.3 Å². The van der Waals surface area contributed by atoms with Crippen LogP contribution in [0.25, 0.3) is 0 Å². The van der Waals surface area contributed by atoms with Crippen molar-refractivity contribution in [3.63, 3.8) is 0 Å². The van der Waals surface area contributed by atoms with Crippen LogP contribution in [0.4, 0.5) is 0 Å². The zero-order chi connectivity index (χ0) is 28.0. The number of benzene rings is 3. The van der Waals surface area contributed by atoms with Crippen LogP contribution in [-0.4, -0.2) is 29.2 Å². The highest BCUT2D eigenvalue weighted by atomic mass is 127. The summed E-state index contributed by atoms with van der Waals surface area (Å²) in [7, 11) is -0.538. The molecule has 6 nitrogen and oxygen atoms in total. The summed E-state index contributed by atoms with van der Waals surface area (Å²) in [5.41, 5.74) is 0. The molecule has 3 aromatic rings. The second-order valence-corrected chi connectivity index (χ2v) is 17.1. The molecule has 10 heteroatoms. The van der Waals surface area contributed by atoms with Gasteiger partial charge in [0.05, 0.1) is 10.9 Å². The molecular formula is C28H26I3O6S+. The van der Waals surface area contributed by atoms with E-state index in [9.17, 15) is 14.4 Å². The molecule has 2 unspecified atom stereocenters. The summed E-state index contributed by atoms with van der Waals surface area (Å²) >= 11 is 6.09. The van der Waals surface area contributed by atoms with Crippen LogP contribution in [0.2, 0.25) is 0 Å². The van der Waals surface area contributed by atoms with Gasteiger partial charge in [-0.2, -0.15) is 0 Å². The van der Waals surface area contributed by atoms with E-state index in [1.165, 1.54) is 0 Å². The maximum absolute atomic E-state index is 12.3. The Kier molecular flexibility index (Phi) is 11.3. The Morgan fingerprint density at radius 1 is 0.632 bits per heavy atom. The van der Waals surface area contributed by atoms with Crippen LogP contribution in [0.3, 0.4) is 0 Å². The monoisotopic (exact) mass is 871 g/mol. The van der Waals surface area contributed by atoms with E-state index >= 15 is 0 Å². The molecule has 200 valence electrons. The Labute approximate surface area is 266 Å². The van der Waals surface area contributed by atoms with E-state index < -0.39 is 14.3 Å². The lowest BCUT2D eigenvalue weighted by atomic mass is 10.2. The summed E-state index contributed by atoms with van der Waals surface area (Å²) in [6.45, 7) is 7.15. The number of ether oxygens (including phenoxy) is 3. The number of hydrogen-bond donors (Lipinski definition) is 0. The maximum atomic E-state index is 12.3. The smallest absolute Gasteiger partial charge is 0.326 e. The number of carbonyl (C=O) groups excluding carboxylic acids is 3. The number of hydrogen-bond acceptors (Lipinski definition) is 6. The minimum atomic E-state index is -0.638. The van der Waals surface area contributed by atoms with Crippen molar-refractivity contribution in [3.05, 3.63) is 72.8 Å². The molecule has 3 aromatic carbocycles. The summed E-state index contributed by atoms with van der Waals surface area (Å²) in [5, 5.41) is 0. The lowest BCUT2D eigenvalue weighted by molar-refractivity contribution is -0.136. The minimum Gasteiger partial charge on any atom is -0.426 e. The van der Waals surface area contributed by atoms with Gasteiger partial charge in [-0.25, -0.2) is 0 Å². The average Bonchev–Trinajstić information content (AvgIpc) is 2.86. The number of halogens is 3. The molecule has 3 rings (SSSR count). The average molecular weight is 871 g/mol. The van der Waals surface area contributed by atoms with Crippen molar-refractivity contribution in [2.75, 3.05) is 0 Å². The van der Waals surface area contributed by atoms with E-state index in [2.05, 4.69) is 22.6 Å². The topological polar surface area (TPSA) is 78.9 Å². The molecule has 0 heterocycles. The molecule has 0 bridgehead atoms. The molecule has 0 fully saturated rings. The third-order valence-corrected chi connectivity index (χ3v) is 8.65. The largest absolute Gasteiger partial charge is 0.426 e. The highest BCUT2D eigenvalue weighted by Gasteiger charge is 2.30. The maximum Gasteiger partial charge on any atom is 0.326 e. The molecule has 2 atom stereocenters. The van der Waals surface area contributed by atoms with Crippen LogP contribution in [0.15, 0.2) is 87.5 Å². The van der Waals surface area contributed by atoms with E-state index in [1.54, 1.807) is 64.1 Å². The molecule has 0 amide bonds. The van der Waals surface area contributed by atoms with Crippen LogP contribution < -0.4 is 14.2 Å². The zero-order valence-corrected chi connectivity index (χ0v) is 28.4. The van der Waals surface area contributed by atoms with E-state index in [0.717, 1.165) is 14.7 Å². The number of alkyl halides is 3. The van der Waals surface area contributed by atoms with Crippen molar-refractivity contribution in [3.8, 4) is 17.2 Å². The Balaban J connectivity index is 1.94. The van der Waals surface area contributed by atoms with Crippen LogP contribution in [0.1, 0.15) is 27.7 Å². The molecule has 0 spiro atoms. The summed E-state index contributed by atoms with van der Waals surface area (Å²) < 4.78 is 15.2. The van der Waals surface area contributed by atoms with E-state index in [-0.39, 0.29) is 25.8 Å². The molecule has 0 saturated heterocycles. The Bertz CT molecular complexity index is 1200. The summed E-state index contributed by atoms with van der Waals surface area (Å²) in [6.07, 6.45) is 0. The second kappa shape index (κ2) is 13.8. The normalized spacial score (nSPS) is 13.7. The first-order chi connectivity index (χ1) is 17.8. The predicted octanol–water partition coefficient (Wildman–Crippen LogP) is 7.36. The lowest BCUT2D eigenvalue weighted by Gasteiger charge is -2.15. The van der Waals surface area contributed by atoms with E-state index in [0.29, 0.717) is 17.2 Å². The summed E-state index contributed by atoms with van der Waals surface area (Å²) in [6, 6.07) is 22.3. The standard InChI is InChI=1S/C28H26I3O6S/c1-17(29)25(32)35-19-5-11-22(12-6-19)38(23-13-7-20(8-14-23)36-26(33)18(2)30)24-15-9-21(10-16-24)37-27(34)28(3,4)31/h5-18H,1-4H3/q+1. The van der Waals surface area contributed by atoms with Gasteiger partial charge >= 0.3 is 17.9 Å². The van der Waals surface area contributed by atoms with Gasteiger partial charge in [0.1, 0.15) is 28.5 Å². The first-order valence-corrected chi connectivity index (χ1v) is 16.3. The second-order valence-electron chi connectivity index (χ2n) is 8.66. The quantitative estimate of drug-likeness (QED) is 0.0736. The van der Waals surface area contributed by atoms with Crippen molar-refractivity contribution < 1.29 is 28.6 Å². The molecular weight excluding hydrogens is 845 g/mol. The Hall–Kier alpha value is -1.39. The number of esters is 3. The molecule has 38 heavy (non-hydrogen) atoms. The zero-order valence-electron chi connectivity index (χ0n) is 21.1. The van der Waals surface area contributed by atoms with E-state index in [4.69, 9.17) is 14.2 Å². The van der Waals surface area contributed by atoms with Gasteiger partial charge in [0.15, 0.2) is 14.7 Å². The van der Waals surface area contributed by atoms with Gasteiger partial charge in [0, 0.05) is 0 Å². The fourth-order valence-corrected chi connectivity index (χ4v) is 5.37. The van der Waals surface area contributed by atoms with Gasteiger partial charge in [-0.3, -0.25) is 14.4 Å². The van der Waals surface area contributed by atoms with E-state index in [1.807, 2.05) is 81.6 Å². The fourth-order valence-electron chi connectivity index (χ4n) is 2.96. The number of rotatable bonds is 9. The Morgan fingerprint density at radius 3 is 1.18 bits per heavy atom. The van der Waals surface area contributed by atoms with Crippen molar-refractivity contribution in [1.29, 1.82) is 0 Å². The first kappa shape index (κ1) is 31.1. The van der Waals surface area contributed by atoms with Crippen LogP contribution in [0, 0.1) is 0 Å².